The summed E-state index contributed by atoms with van der Waals surface area (Å²) in [6, 6.07) is 5.08. The molecule has 0 aliphatic carbocycles. The van der Waals surface area contributed by atoms with E-state index >= 15 is 0 Å². The van der Waals surface area contributed by atoms with Crippen molar-refractivity contribution in [3.63, 3.8) is 0 Å². The second-order valence-electron chi connectivity index (χ2n) is 2.99. The van der Waals surface area contributed by atoms with Gasteiger partial charge >= 0.3 is 5.97 Å². The van der Waals surface area contributed by atoms with Crippen molar-refractivity contribution in [3.8, 4) is 6.07 Å². The lowest BCUT2D eigenvalue weighted by Gasteiger charge is -2.06. The molecule has 5 heteroatoms. The monoisotopic (exact) mass is 281 g/mol. The van der Waals surface area contributed by atoms with Gasteiger partial charge in [0.05, 0.1) is 19.1 Å². The fourth-order valence-corrected chi connectivity index (χ4v) is 1.79. The summed E-state index contributed by atoms with van der Waals surface area (Å²) in [5.41, 5.74) is 1.20. The maximum Gasteiger partial charge on any atom is 0.310 e. The summed E-state index contributed by atoms with van der Waals surface area (Å²) < 4.78 is 4.93. The largest absolute Gasteiger partial charge is 0.469 e. The molecule has 1 aromatic carbocycles. The predicted molar refractivity (Wildman–Crippen MR) is 60.0 cm³/mol. The van der Waals surface area contributed by atoms with Gasteiger partial charge in [-0.3, -0.25) is 9.59 Å². The van der Waals surface area contributed by atoms with Crippen LogP contribution in [0.5, 0.6) is 0 Å². The zero-order valence-electron chi connectivity index (χ0n) is 8.49. The van der Waals surface area contributed by atoms with E-state index in [2.05, 4.69) is 20.7 Å². The van der Waals surface area contributed by atoms with Crippen molar-refractivity contribution in [1.29, 1.82) is 5.26 Å². The summed E-state index contributed by atoms with van der Waals surface area (Å²) >= 11 is 3.16. The fourth-order valence-electron chi connectivity index (χ4n) is 1.22. The van der Waals surface area contributed by atoms with Gasteiger partial charge in [-0.05, 0) is 21.5 Å². The molecule has 0 bridgehead atoms. The molecule has 0 atom stereocenters. The van der Waals surface area contributed by atoms with Gasteiger partial charge in [0.25, 0.3) is 0 Å². The van der Waals surface area contributed by atoms with Crippen LogP contribution in [0.2, 0.25) is 0 Å². The van der Waals surface area contributed by atoms with Crippen molar-refractivity contribution in [2.24, 2.45) is 0 Å². The van der Waals surface area contributed by atoms with Crippen LogP contribution in [0.3, 0.4) is 0 Å². The van der Waals surface area contributed by atoms with Crippen LogP contribution in [0, 0.1) is 11.3 Å². The Morgan fingerprint density at radius 3 is 2.81 bits per heavy atom. The lowest BCUT2D eigenvalue weighted by atomic mass is 10.0. The Bertz CT molecular complexity index is 477. The van der Waals surface area contributed by atoms with E-state index in [1.807, 2.05) is 6.07 Å². The molecule has 0 amide bonds. The van der Waals surface area contributed by atoms with E-state index in [1.54, 1.807) is 12.1 Å². The Labute approximate surface area is 101 Å². The van der Waals surface area contributed by atoms with Gasteiger partial charge < -0.3 is 4.74 Å². The van der Waals surface area contributed by atoms with Gasteiger partial charge in [0, 0.05) is 10.0 Å². The zero-order chi connectivity index (χ0) is 12.1. The Kier molecular flexibility index (Phi) is 4.20. The van der Waals surface area contributed by atoms with E-state index in [-0.39, 0.29) is 12.0 Å². The van der Waals surface area contributed by atoms with Gasteiger partial charge in [-0.25, -0.2) is 0 Å². The molecular formula is C11H8BrNO3. The van der Waals surface area contributed by atoms with Gasteiger partial charge in [-0.15, -0.1) is 0 Å². The molecule has 16 heavy (non-hydrogen) atoms. The number of methoxy groups -OCH3 is 1. The second-order valence-corrected chi connectivity index (χ2v) is 3.78. The Balaban J connectivity index is 3.22. The summed E-state index contributed by atoms with van der Waals surface area (Å²) in [5, 5.41) is 8.96. The number of nitrogens with zero attached hydrogens (tertiary/aromatic N) is 1. The number of ether oxygens (including phenoxy) is 1. The Morgan fingerprint density at radius 2 is 2.31 bits per heavy atom. The average Bonchev–Trinajstić information content (AvgIpc) is 2.29. The van der Waals surface area contributed by atoms with Crippen LogP contribution in [0.15, 0.2) is 16.6 Å². The quantitative estimate of drug-likeness (QED) is 0.626. The lowest BCUT2D eigenvalue weighted by molar-refractivity contribution is -0.139. The summed E-state index contributed by atoms with van der Waals surface area (Å²) in [7, 11) is 1.28. The minimum absolute atomic E-state index is 0.0110. The third kappa shape index (κ3) is 2.47. The van der Waals surface area contributed by atoms with Crippen molar-refractivity contribution in [1.82, 2.24) is 0 Å². The van der Waals surface area contributed by atoms with E-state index in [0.717, 1.165) is 0 Å². The van der Waals surface area contributed by atoms with E-state index < -0.39 is 5.97 Å². The molecule has 0 fully saturated rings. The molecule has 0 aromatic heterocycles. The maximum atomic E-state index is 11.1. The summed E-state index contributed by atoms with van der Waals surface area (Å²) in [5.74, 6) is -0.428. The predicted octanol–water partition coefficient (Wildman–Crippen LogP) is 1.85. The molecule has 0 saturated carbocycles. The highest BCUT2D eigenvalue weighted by Crippen LogP contribution is 2.24. The molecule has 1 aromatic rings. The number of esters is 1. The van der Waals surface area contributed by atoms with E-state index in [1.165, 1.54) is 7.11 Å². The van der Waals surface area contributed by atoms with E-state index in [9.17, 15) is 9.59 Å². The number of benzene rings is 1. The topological polar surface area (TPSA) is 67.2 Å². The number of hydrogen-bond acceptors (Lipinski definition) is 4. The highest BCUT2D eigenvalue weighted by atomic mass is 79.9. The van der Waals surface area contributed by atoms with Crippen LogP contribution in [0.25, 0.3) is 0 Å². The van der Waals surface area contributed by atoms with Gasteiger partial charge in [0.1, 0.15) is 6.07 Å². The fraction of sp³-hybridized carbons (Fsp3) is 0.182. The van der Waals surface area contributed by atoms with E-state index in [0.29, 0.717) is 21.9 Å². The van der Waals surface area contributed by atoms with Crippen molar-refractivity contribution < 1.29 is 14.3 Å². The minimum atomic E-state index is -0.428. The molecule has 0 spiro atoms. The third-order valence-corrected chi connectivity index (χ3v) is 2.91. The molecule has 0 radical (unpaired) electrons. The lowest BCUT2D eigenvalue weighted by Crippen LogP contribution is -2.07. The highest BCUT2D eigenvalue weighted by Gasteiger charge is 2.13. The Hall–Kier alpha value is -1.67. The number of rotatable bonds is 3. The first-order valence-corrected chi connectivity index (χ1v) is 5.16. The molecule has 0 aliphatic rings. The van der Waals surface area contributed by atoms with E-state index in [4.69, 9.17) is 5.26 Å². The first kappa shape index (κ1) is 12.4. The Morgan fingerprint density at radius 1 is 1.62 bits per heavy atom. The molecule has 4 nitrogen and oxygen atoms in total. The van der Waals surface area contributed by atoms with Gasteiger partial charge in [-0.2, -0.15) is 5.26 Å². The average molecular weight is 282 g/mol. The number of halogens is 1. The molecule has 0 saturated heterocycles. The molecule has 82 valence electrons. The van der Waals surface area contributed by atoms with Crippen LogP contribution in [-0.4, -0.2) is 19.4 Å². The van der Waals surface area contributed by atoms with Crippen molar-refractivity contribution >= 4 is 28.2 Å². The minimum Gasteiger partial charge on any atom is -0.469 e. The third-order valence-electron chi connectivity index (χ3n) is 2.06. The molecule has 0 aliphatic heterocycles. The summed E-state index contributed by atoms with van der Waals surface area (Å²) in [6.07, 6.45) is 0.657. The molecular weight excluding hydrogens is 274 g/mol. The number of aldehydes is 1. The first-order chi connectivity index (χ1) is 7.63. The van der Waals surface area contributed by atoms with Crippen LogP contribution in [0.4, 0.5) is 0 Å². The smallest absolute Gasteiger partial charge is 0.310 e. The number of hydrogen-bond donors (Lipinski definition) is 0. The molecule has 0 N–H and O–H groups in total. The van der Waals surface area contributed by atoms with Gasteiger partial charge in [-0.1, -0.05) is 12.1 Å². The zero-order valence-corrected chi connectivity index (χ0v) is 10.1. The standard InChI is InChI=1S/C11H8BrNO3/c1-16-10(15)4-7-2-3-8(6-14)11(12)9(7)5-13/h2-3,6H,4H2,1H3. The normalized spacial score (nSPS) is 9.31. The van der Waals surface area contributed by atoms with Crippen molar-refractivity contribution in [3.05, 3.63) is 33.3 Å². The van der Waals surface area contributed by atoms with Gasteiger partial charge in [0.2, 0.25) is 0 Å². The first-order valence-electron chi connectivity index (χ1n) is 4.37. The van der Waals surface area contributed by atoms with Crippen molar-refractivity contribution in [2.45, 2.75) is 6.42 Å². The number of carbonyl (C=O) groups excluding carboxylic acids is 2. The van der Waals surface area contributed by atoms with Crippen LogP contribution in [-0.2, 0) is 16.0 Å². The van der Waals surface area contributed by atoms with Crippen LogP contribution in [0.1, 0.15) is 21.5 Å². The summed E-state index contributed by atoms with van der Waals surface area (Å²) in [6.45, 7) is 0. The van der Waals surface area contributed by atoms with Gasteiger partial charge in [0.15, 0.2) is 6.29 Å². The number of carbonyl (C=O) groups is 2. The molecule has 0 heterocycles. The molecule has 0 unspecified atom stereocenters. The summed E-state index contributed by atoms with van der Waals surface area (Å²) in [4.78, 5) is 21.8. The maximum absolute atomic E-state index is 11.1. The SMILES string of the molecule is COC(=O)Cc1ccc(C=O)c(Br)c1C#N. The van der Waals surface area contributed by atoms with Crippen LogP contribution < -0.4 is 0 Å². The number of nitriles is 1. The van der Waals surface area contributed by atoms with Crippen LogP contribution >= 0.6 is 15.9 Å². The highest BCUT2D eigenvalue weighted by molar-refractivity contribution is 9.10. The molecule has 1 rings (SSSR count). The second kappa shape index (κ2) is 5.42. The van der Waals surface area contributed by atoms with Crippen molar-refractivity contribution in [2.75, 3.05) is 7.11 Å².